The predicted molar refractivity (Wildman–Crippen MR) is 69.4 cm³/mol. The van der Waals surface area contributed by atoms with Gasteiger partial charge in [-0.2, -0.15) is 0 Å². The zero-order valence-electron chi connectivity index (χ0n) is 11.5. The molecule has 1 atom stereocenters. The van der Waals surface area contributed by atoms with E-state index in [2.05, 4.69) is 19.2 Å². The summed E-state index contributed by atoms with van der Waals surface area (Å²) in [5.41, 5.74) is -0.785. The molecule has 0 radical (unpaired) electrons. The van der Waals surface area contributed by atoms with Crippen LogP contribution < -0.4 is 5.32 Å². The maximum atomic E-state index is 11.9. The Morgan fingerprint density at radius 3 is 2.44 bits per heavy atom. The van der Waals surface area contributed by atoms with Gasteiger partial charge in [-0.05, 0) is 19.3 Å². The summed E-state index contributed by atoms with van der Waals surface area (Å²) >= 11 is 0. The number of nitrogens with zero attached hydrogens (tertiary/aromatic N) is 1. The van der Waals surface area contributed by atoms with Gasteiger partial charge in [0.1, 0.15) is 0 Å². The van der Waals surface area contributed by atoms with Crippen LogP contribution in [0.15, 0.2) is 0 Å². The summed E-state index contributed by atoms with van der Waals surface area (Å²) in [7, 11) is 0. The third kappa shape index (κ3) is 3.37. The number of hydrogen-bond acceptors (Lipinski definition) is 2. The van der Waals surface area contributed by atoms with Gasteiger partial charge >= 0.3 is 12.0 Å². The third-order valence-corrected chi connectivity index (χ3v) is 3.97. The van der Waals surface area contributed by atoms with Crippen LogP contribution in [0.5, 0.6) is 0 Å². The van der Waals surface area contributed by atoms with E-state index in [4.69, 9.17) is 5.11 Å². The molecule has 0 aromatic carbocycles. The minimum atomic E-state index is -0.821. The molecule has 0 saturated carbocycles. The molecular formula is C13H24N2O3. The number of urea groups is 1. The van der Waals surface area contributed by atoms with Crippen molar-refractivity contribution in [1.29, 1.82) is 0 Å². The summed E-state index contributed by atoms with van der Waals surface area (Å²) in [5, 5.41) is 12.0. The van der Waals surface area contributed by atoms with Crippen molar-refractivity contribution >= 4 is 12.0 Å². The first-order valence-electron chi connectivity index (χ1n) is 6.69. The van der Waals surface area contributed by atoms with Gasteiger partial charge in [-0.15, -0.1) is 0 Å². The fourth-order valence-electron chi connectivity index (χ4n) is 2.23. The molecule has 5 nitrogen and oxygen atoms in total. The molecule has 1 fully saturated rings. The zero-order chi connectivity index (χ0) is 13.8. The molecule has 1 rings (SSSR count). The first kappa shape index (κ1) is 14.8. The normalized spacial score (nSPS) is 23.4. The number of aliphatic carboxylic acids is 1. The van der Waals surface area contributed by atoms with Crippen molar-refractivity contribution in [2.45, 2.75) is 40.0 Å². The SMILES string of the molecule is CCC(CC)CNC(=O)N1CCC(C)(C(=O)O)C1. The van der Waals surface area contributed by atoms with E-state index >= 15 is 0 Å². The first-order valence-corrected chi connectivity index (χ1v) is 6.69. The van der Waals surface area contributed by atoms with Crippen LogP contribution in [0.25, 0.3) is 0 Å². The van der Waals surface area contributed by atoms with Crippen LogP contribution in [0.2, 0.25) is 0 Å². The molecule has 0 aliphatic carbocycles. The number of likely N-dealkylation sites (tertiary alicyclic amines) is 1. The van der Waals surface area contributed by atoms with E-state index < -0.39 is 11.4 Å². The third-order valence-electron chi connectivity index (χ3n) is 3.97. The quantitative estimate of drug-likeness (QED) is 0.789. The number of amides is 2. The highest BCUT2D eigenvalue weighted by Gasteiger charge is 2.42. The molecule has 2 amide bonds. The highest BCUT2D eigenvalue weighted by atomic mass is 16.4. The maximum absolute atomic E-state index is 11.9. The largest absolute Gasteiger partial charge is 0.481 e. The molecule has 5 heteroatoms. The van der Waals surface area contributed by atoms with Crippen LogP contribution >= 0.6 is 0 Å². The average molecular weight is 256 g/mol. The molecule has 1 saturated heterocycles. The van der Waals surface area contributed by atoms with E-state index in [1.54, 1.807) is 11.8 Å². The van der Waals surface area contributed by atoms with Crippen molar-refractivity contribution in [1.82, 2.24) is 10.2 Å². The molecular weight excluding hydrogens is 232 g/mol. The van der Waals surface area contributed by atoms with E-state index in [1.165, 1.54) is 0 Å². The Labute approximate surface area is 109 Å². The molecule has 0 spiro atoms. The van der Waals surface area contributed by atoms with E-state index in [-0.39, 0.29) is 6.03 Å². The molecule has 0 aromatic heterocycles. The second kappa shape index (κ2) is 6.07. The van der Waals surface area contributed by atoms with Crippen LogP contribution in [0, 0.1) is 11.3 Å². The standard InChI is InChI=1S/C13H24N2O3/c1-4-10(5-2)8-14-12(18)15-7-6-13(3,9-15)11(16)17/h10H,4-9H2,1-3H3,(H,14,18)(H,16,17). The van der Waals surface area contributed by atoms with Gasteiger partial charge in [0.25, 0.3) is 0 Å². The number of carboxylic acid groups (broad SMARTS) is 1. The summed E-state index contributed by atoms with van der Waals surface area (Å²) in [4.78, 5) is 24.6. The summed E-state index contributed by atoms with van der Waals surface area (Å²) in [6, 6.07) is -0.133. The van der Waals surface area contributed by atoms with Crippen LogP contribution in [-0.2, 0) is 4.79 Å². The number of carboxylic acids is 1. The van der Waals surface area contributed by atoms with E-state index in [0.717, 1.165) is 12.8 Å². The maximum Gasteiger partial charge on any atom is 0.317 e. The molecule has 0 bridgehead atoms. The Balaban J connectivity index is 2.43. The van der Waals surface area contributed by atoms with Crippen LogP contribution in [0.4, 0.5) is 4.79 Å². The Morgan fingerprint density at radius 1 is 1.39 bits per heavy atom. The molecule has 1 unspecified atom stereocenters. The van der Waals surface area contributed by atoms with E-state index in [1.807, 2.05) is 0 Å². The van der Waals surface area contributed by atoms with Gasteiger partial charge in [0.15, 0.2) is 0 Å². The zero-order valence-corrected chi connectivity index (χ0v) is 11.5. The van der Waals surface area contributed by atoms with Gasteiger partial charge in [-0.1, -0.05) is 26.7 Å². The molecule has 1 heterocycles. The van der Waals surface area contributed by atoms with Crippen molar-refractivity contribution in [3.8, 4) is 0 Å². The summed E-state index contributed by atoms with van der Waals surface area (Å²) in [6.45, 7) is 7.42. The van der Waals surface area contributed by atoms with Crippen LogP contribution in [-0.4, -0.2) is 41.6 Å². The van der Waals surface area contributed by atoms with Crippen molar-refractivity contribution in [2.75, 3.05) is 19.6 Å². The number of carbonyl (C=O) groups is 2. The summed E-state index contributed by atoms with van der Waals surface area (Å²) in [6.07, 6.45) is 2.62. The van der Waals surface area contributed by atoms with Crippen molar-refractivity contribution in [2.24, 2.45) is 11.3 Å². The second-order valence-corrected chi connectivity index (χ2v) is 5.41. The molecule has 2 N–H and O–H groups in total. The van der Waals surface area contributed by atoms with Gasteiger partial charge in [-0.3, -0.25) is 4.79 Å². The lowest BCUT2D eigenvalue weighted by Gasteiger charge is -2.22. The number of carbonyl (C=O) groups excluding carboxylic acids is 1. The summed E-state index contributed by atoms with van der Waals surface area (Å²) in [5.74, 6) is -0.319. The van der Waals surface area contributed by atoms with Crippen LogP contribution in [0.3, 0.4) is 0 Å². The highest BCUT2D eigenvalue weighted by molar-refractivity contribution is 5.79. The molecule has 104 valence electrons. The molecule has 1 aliphatic heterocycles. The topological polar surface area (TPSA) is 69.6 Å². The fourth-order valence-corrected chi connectivity index (χ4v) is 2.23. The lowest BCUT2D eigenvalue weighted by Crippen LogP contribution is -2.42. The van der Waals surface area contributed by atoms with Gasteiger partial charge in [-0.25, -0.2) is 4.79 Å². The molecule has 1 aliphatic rings. The minimum Gasteiger partial charge on any atom is -0.481 e. The van der Waals surface area contributed by atoms with Gasteiger partial charge in [0.05, 0.1) is 5.41 Å². The second-order valence-electron chi connectivity index (χ2n) is 5.41. The average Bonchev–Trinajstić information content (AvgIpc) is 2.74. The van der Waals surface area contributed by atoms with Crippen LogP contribution in [0.1, 0.15) is 40.0 Å². The minimum absolute atomic E-state index is 0.133. The van der Waals surface area contributed by atoms with Gasteiger partial charge in [0.2, 0.25) is 0 Å². The predicted octanol–water partition coefficient (Wildman–Crippen LogP) is 1.93. The van der Waals surface area contributed by atoms with Gasteiger partial charge < -0.3 is 15.3 Å². The van der Waals surface area contributed by atoms with Crippen molar-refractivity contribution in [3.05, 3.63) is 0 Å². The Bertz CT molecular complexity index is 315. The van der Waals surface area contributed by atoms with Gasteiger partial charge in [0, 0.05) is 19.6 Å². The Hall–Kier alpha value is -1.26. The van der Waals surface area contributed by atoms with E-state index in [0.29, 0.717) is 32.0 Å². The summed E-state index contributed by atoms with van der Waals surface area (Å²) < 4.78 is 0. The first-order chi connectivity index (χ1) is 8.42. The smallest absolute Gasteiger partial charge is 0.317 e. The van der Waals surface area contributed by atoms with Crippen molar-refractivity contribution in [3.63, 3.8) is 0 Å². The lowest BCUT2D eigenvalue weighted by molar-refractivity contribution is -0.146. The van der Waals surface area contributed by atoms with Crippen molar-refractivity contribution < 1.29 is 14.7 Å². The highest BCUT2D eigenvalue weighted by Crippen LogP contribution is 2.29. The Kier molecular flexibility index (Phi) is 4.99. The number of nitrogens with one attached hydrogen (secondary N) is 1. The molecule has 18 heavy (non-hydrogen) atoms. The number of rotatable bonds is 5. The number of hydrogen-bond donors (Lipinski definition) is 2. The lowest BCUT2D eigenvalue weighted by atomic mass is 9.90. The molecule has 0 aromatic rings. The monoisotopic (exact) mass is 256 g/mol. The fraction of sp³-hybridized carbons (Fsp3) is 0.846. The van der Waals surface area contributed by atoms with E-state index in [9.17, 15) is 9.59 Å². The Morgan fingerprint density at radius 2 is 2.00 bits per heavy atom.